The van der Waals surface area contributed by atoms with E-state index in [0.717, 1.165) is 4.47 Å². The highest BCUT2D eigenvalue weighted by Gasteiger charge is 2.21. The van der Waals surface area contributed by atoms with Gasteiger partial charge >= 0.3 is 5.97 Å². The lowest BCUT2D eigenvalue weighted by atomic mass is 10.1. The first-order valence-electron chi connectivity index (χ1n) is 7.01. The Morgan fingerprint density at radius 1 is 1.39 bits per heavy atom. The van der Waals surface area contributed by atoms with E-state index in [9.17, 15) is 9.59 Å². The van der Waals surface area contributed by atoms with Gasteiger partial charge in [0.15, 0.2) is 5.69 Å². The molecule has 2 rings (SSSR count). The van der Waals surface area contributed by atoms with Gasteiger partial charge in [-0.05, 0) is 32.0 Å². The molecule has 0 saturated heterocycles. The minimum atomic E-state index is -0.470. The average Bonchev–Trinajstić information content (AvgIpc) is 2.99. The van der Waals surface area contributed by atoms with Crippen LogP contribution < -0.4 is 0 Å². The summed E-state index contributed by atoms with van der Waals surface area (Å²) in [4.78, 5) is 30.2. The van der Waals surface area contributed by atoms with Gasteiger partial charge in [-0.15, -0.1) is 11.3 Å². The molecule has 1 heterocycles. The molecule has 2 aromatic rings. The van der Waals surface area contributed by atoms with Gasteiger partial charge in [0.2, 0.25) is 0 Å². The Balaban J connectivity index is 2.20. The third kappa shape index (κ3) is 4.39. The lowest BCUT2D eigenvalue weighted by Gasteiger charge is -2.26. The largest absolute Gasteiger partial charge is 0.464 e. The second kappa shape index (κ2) is 7.70. The third-order valence-corrected chi connectivity index (χ3v) is 4.53. The summed E-state index contributed by atoms with van der Waals surface area (Å²) in [5, 5.41) is 2.34. The SMILES string of the molecule is COC(=O)c1csc(CN(C(=O)c2cccc(Br)c2)C(C)C)n1. The fourth-order valence-corrected chi connectivity index (χ4v) is 3.16. The highest BCUT2D eigenvalue weighted by molar-refractivity contribution is 9.10. The van der Waals surface area contributed by atoms with Gasteiger partial charge in [0.05, 0.1) is 13.7 Å². The Morgan fingerprint density at radius 3 is 2.74 bits per heavy atom. The molecule has 7 heteroatoms. The number of carbonyl (C=O) groups excluding carboxylic acids is 2. The minimum Gasteiger partial charge on any atom is -0.464 e. The number of rotatable bonds is 5. The molecule has 0 aliphatic heterocycles. The summed E-state index contributed by atoms with van der Waals surface area (Å²) in [7, 11) is 1.32. The number of aromatic nitrogens is 1. The summed E-state index contributed by atoms with van der Waals surface area (Å²) >= 11 is 4.72. The number of hydrogen-bond donors (Lipinski definition) is 0. The van der Waals surface area contributed by atoms with Crippen LogP contribution >= 0.6 is 27.3 Å². The van der Waals surface area contributed by atoms with Gasteiger partial charge in [0, 0.05) is 21.5 Å². The molecule has 5 nitrogen and oxygen atoms in total. The number of halogens is 1. The number of methoxy groups -OCH3 is 1. The molecule has 0 unspecified atom stereocenters. The maximum absolute atomic E-state index is 12.7. The lowest BCUT2D eigenvalue weighted by Crippen LogP contribution is -2.36. The monoisotopic (exact) mass is 396 g/mol. The number of nitrogens with zero attached hydrogens (tertiary/aromatic N) is 2. The van der Waals surface area contributed by atoms with Gasteiger partial charge < -0.3 is 9.64 Å². The number of ether oxygens (including phenoxy) is 1. The molecule has 0 atom stereocenters. The molecule has 0 spiro atoms. The van der Waals surface area contributed by atoms with Crippen LogP contribution in [0.2, 0.25) is 0 Å². The first kappa shape index (κ1) is 17.6. The maximum atomic E-state index is 12.7. The van der Waals surface area contributed by atoms with Gasteiger partial charge in [-0.1, -0.05) is 22.0 Å². The molecular weight excluding hydrogens is 380 g/mol. The lowest BCUT2D eigenvalue weighted by molar-refractivity contribution is 0.0594. The summed E-state index contributed by atoms with van der Waals surface area (Å²) < 4.78 is 5.51. The predicted molar refractivity (Wildman–Crippen MR) is 92.6 cm³/mol. The molecular formula is C16H17BrN2O3S. The van der Waals surface area contributed by atoms with E-state index in [0.29, 0.717) is 17.1 Å². The van der Waals surface area contributed by atoms with Crippen molar-refractivity contribution in [2.45, 2.75) is 26.4 Å². The number of hydrogen-bond acceptors (Lipinski definition) is 5. The zero-order valence-corrected chi connectivity index (χ0v) is 15.5. The molecule has 0 saturated carbocycles. The van der Waals surface area contributed by atoms with Crippen molar-refractivity contribution < 1.29 is 14.3 Å². The Morgan fingerprint density at radius 2 is 2.13 bits per heavy atom. The maximum Gasteiger partial charge on any atom is 0.357 e. The van der Waals surface area contributed by atoms with E-state index in [1.54, 1.807) is 22.4 Å². The molecule has 1 amide bonds. The van der Waals surface area contributed by atoms with Gasteiger partial charge in [-0.25, -0.2) is 9.78 Å². The van der Waals surface area contributed by atoms with Gasteiger partial charge in [0.25, 0.3) is 5.91 Å². The molecule has 23 heavy (non-hydrogen) atoms. The first-order chi connectivity index (χ1) is 10.9. The predicted octanol–water partition coefficient (Wildman–Crippen LogP) is 3.74. The van der Waals surface area contributed by atoms with Crippen LogP contribution in [0.5, 0.6) is 0 Å². The normalized spacial score (nSPS) is 10.7. The van der Waals surface area contributed by atoms with E-state index in [2.05, 4.69) is 25.7 Å². The fraction of sp³-hybridized carbons (Fsp3) is 0.312. The summed E-state index contributed by atoms with van der Waals surface area (Å²) in [6, 6.07) is 7.28. The van der Waals surface area contributed by atoms with Crippen LogP contribution in [0.1, 0.15) is 39.7 Å². The van der Waals surface area contributed by atoms with Crippen LogP contribution in [0, 0.1) is 0 Å². The molecule has 0 N–H and O–H groups in total. The van der Waals surface area contributed by atoms with Gasteiger partial charge in [-0.2, -0.15) is 0 Å². The molecule has 122 valence electrons. The Kier molecular flexibility index (Phi) is 5.90. The molecule has 0 aliphatic rings. The Labute approximate surface area is 147 Å². The van der Waals surface area contributed by atoms with Crippen molar-refractivity contribution in [1.82, 2.24) is 9.88 Å². The van der Waals surface area contributed by atoms with Crippen molar-refractivity contribution in [1.29, 1.82) is 0 Å². The highest BCUT2D eigenvalue weighted by Crippen LogP contribution is 2.19. The van der Waals surface area contributed by atoms with Crippen molar-refractivity contribution in [3.8, 4) is 0 Å². The molecule has 0 radical (unpaired) electrons. The van der Waals surface area contributed by atoms with Crippen molar-refractivity contribution in [2.75, 3.05) is 7.11 Å². The standard InChI is InChI=1S/C16H17BrN2O3S/c1-10(2)19(15(20)11-5-4-6-12(17)7-11)8-14-18-13(9-23-14)16(21)22-3/h4-7,9-10H,8H2,1-3H3. The summed E-state index contributed by atoms with van der Waals surface area (Å²) in [5.41, 5.74) is 0.879. The van der Waals surface area contributed by atoms with Crippen LogP contribution in [0.25, 0.3) is 0 Å². The molecule has 1 aromatic carbocycles. The number of benzene rings is 1. The molecule has 0 bridgehead atoms. The average molecular weight is 397 g/mol. The molecule has 0 fully saturated rings. The highest BCUT2D eigenvalue weighted by atomic mass is 79.9. The first-order valence-corrected chi connectivity index (χ1v) is 8.69. The summed E-state index contributed by atoms with van der Waals surface area (Å²) in [6.07, 6.45) is 0. The topological polar surface area (TPSA) is 59.5 Å². The van der Waals surface area contributed by atoms with Gasteiger partial charge in [0.1, 0.15) is 5.01 Å². The van der Waals surface area contributed by atoms with Crippen LogP contribution in [0.3, 0.4) is 0 Å². The molecule has 1 aromatic heterocycles. The van der Waals surface area contributed by atoms with Crippen molar-refractivity contribution in [2.24, 2.45) is 0 Å². The van der Waals surface area contributed by atoms with E-state index < -0.39 is 5.97 Å². The summed E-state index contributed by atoms with van der Waals surface area (Å²) in [6.45, 7) is 4.25. The zero-order valence-electron chi connectivity index (χ0n) is 13.1. The van der Waals surface area contributed by atoms with Crippen LogP contribution in [-0.2, 0) is 11.3 Å². The second-order valence-electron chi connectivity index (χ2n) is 5.16. The number of esters is 1. The van der Waals surface area contributed by atoms with Crippen LogP contribution in [0.4, 0.5) is 0 Å². The number of carbonyl (C=O) groups is 2. The van der Waals surface area contributed by atoms with Crippen LogP contribution in [0.15, 0.2) is 34.1 Å². The molecule has 0 aliphatic carbocycles. The second-order valence-corrected chi connectivity index (χ2v) is 7.01. The van der Waals surface area contributed by atoms with E-state index in [1.807, 2.05) is 26.0 Å². The van der Waals surface area contributed by atoms with Crippen molar-refractivity contribution in [3.05, 3.63) is 50.4 Å². The smallest absolute Gasteiger partial charge is 0.357 e. The van der Waals surface area contributed by atoms with Crippen LogP contribution in [-0.4, -0.2) is 34.9 Å². The minimum absolute atomic E-state index is 0.00644. The van der Waals surface area contributed by atoms with E-state index in [-0.39, 0.29) is 17.6 Å². The number of thiazole rings is 1. The van der Waals surface area contributed by atoms with E-state index >= 15 is 0 Å². The quantitative estimate of drug-likeness (QED) is 0.722. The van der Waals surface area contributed by atoms with E-state index in [1.165, 1.54) is 18.4 Å². The third-order valence-electron chi connectivity index (χ3n) is 3.21. The fourth-order valence-electron chi connectivity index (χ4n) is 2.00. The number of amides is 1. The summed E-state index contributed by atoms with van der Waals surface area (Å²) in [5.74, 6) is -0.543. The Bertz CT molecular complexity index is 715. The zero-order chi connectivity index (χ0) is 17.0. The van der Waals surface area contributed by atoms with Crippen molar-refractivity contribution in [3.63, 3.8) is 0 Å². The Hall–Kier alpha value is -1.73. The van der Waals surface area contributed by atoms with E-state index in [4.69, 9.17) is 0 Å². The van der Waals surface area contributed by atoms with Gasteiger partial charge in [-0.3, -0.25) is 4.79 Å². The van der Waals surface area contributed by atoms with Crippen molar-refractivity contribution >= 4 is 39.1 Å².